The second-order valence-electron chi connectivity index (χ2n) is 7.91. The molecule has 3 aromatic rings. The molecule has 0 aliphatic carbocycles. The van der Waals surface area contributed by atoms with Crippen molar-refractivity contribution in [3.63, 3.8) is 0 Å². The highest BCUT2D eigenvalue weighted by Crippen LogP contribution is 2.41. The van der Waals surface area contributed by atoms with Crippen molar-refractivity contribution < 1.29 is 14.3 Å². The molecule has 2 aliphatic heterocycles. The van der Waals surface area contributed by atoms with Crippen molar-refractivity contribution in [1.82, 2.24) is 9.80 Å². The van der Waals surface area contributed by atoms with Crippen molar-refractivity contribution in [3.8, 4) is 0 Å². The second kappa shape index (κ2) is 8.67. The van der Waals surface area contributed by atoms with Crippen LogP contribution in [-0.4, -0.2) is 52.5 Å². The molecule has 1 amide bonds. The van der Waals surface area contributed by atoms with Gasteiger partial charge in [-0.25, -0.2) is 14.2 Å². The van der Waals surface area contributed by atoms with E-state index in [2.05, 4.69) is 4.90 Å². The van der Waals surface area contributed by atoms with Crippen LogP contribution in [0.4, 0.5) is 14.9 Å². The Bertz CT molecular complexity index is 1180. The average Bonchev–Trinajstić information content (AvgIpc) is 2.96. The van der Waals surface area contributed by atoms with Crippen molar-refractivity contribution >= 4 is 29.4 Å². The molecule has 2 heterocycles. The molecule has 1 N–H and O–H groups in total. The number of benzene rings is 3. The highest BCUT2D eigenvalue weighted by atomic mass is 32.2. The van der Waals surface area contributed by atoms with Crippen LogP contribution in [-0.2, 0) is 6.42 Å². The molecule has 1 atom stereocenters. The Kier molecular flexibility index (Phi) is 5.57. The second-order valence-corrected chi connectivity index (χ2v) is 8.99. The quantitative estimate of drug-likeness (QED) is 0.581. The first kappa shape index (κ1) is 20.6. The number of carboxylic acid groups (broad SMARTS) is 1. The molecule has 5 nitrogen and oxygen atoms in total. The number of amides is 1. The molecule has 3 aromatic carbocycles. The van der Waals surface area contributed by atoms with Gasteiger partial charge in [0, 0.05) is 35.0 Å². The minimum absolute atomic E-state index is 0.227. The Balaban J connectivity index is 1.53. The molecule has 1 fully saturated rings. The third-order valence-electron chi connectivity index (χ3n) is 5.84. The van der Waals surface area contributed by atoms with Crippen molar-refractivity contribution in [2.75, 3.05) is 19.6 Å². The van der Waals surface area contributed by atoms with Crippen LogP contribution in [0.15, 0.2) is 87.6 Å². The fourth-order valence-electron chi connectivity index (χ4n) is 4.30. The summed E-state index contributed by atoms with van der Waals surface area (Å²) in [5.41, 5.74) is 2.67. The van der Waals surface area contributed by atoms with Crippen LogP contribution in [0.1, 0.15) is 11.1 Å². The highest BCUT2D eigenvalue weighted by Gasteiger charge is 2.33. The van der Waals surface area contributed by atoms with Crippen LogP contribution in [0.2, 0.25) is 0 Å². The zero-order valence-corrected chi connectivity index (χ0v) is 18.1. The molecule has 0 radical (unpaired) electrons. The number of amidine groups is 1. The van der Waals surface area contributed by atoms with Crippen molar-refractivity contribution in [3.05, 3.63) is 89.7 Å². The summed E-state index contributed by atoms with van der Waals surface area (Å²) in [6.45, 7) is 1.35. The summed E-state index contributed by atoms with van der Waals surface area (Å²) >= 11 is 1.58. The monoisotopic (exact) mass is 447 g/mol. The number of hydrogen-bond acceptors (Lipinski definition) is 4. The predicted molar refractivity (Wildman–Crippen MR) is 123 cm³/mol. The number of halogens is 1. The number of aliphatic imine (C=N–C) groups is 1. The van der Waals surface area contributed by atoms with Gasteiger partial charge in [-0.15, -0.1) is 0 Å². The summed E-state index contributed by atoms with van der Waals surface area (Å²) in [5, 5.41) is 9.78. The van der Waals surface area contributed by atoms with Crippen LogP contribution < -0.4 is 0 Å². The van der Waals surface area contributed by atoms with Gasteiger partial charge >= 0.3 is 6.09 Å². The summed E-state index contributed by atoms with van der Waals surface area (Å²) in [5.74, 6) is 0.382. The van der Waals surface area contributed by atoms with Gasteiger partial charge in [-0.3, -0.25) is 0 Å². The lowest BCUT2D eigenvalue weighted by Gasteiger charge is -2.41. The smallest absolute Gasteiger partial charge is 0.407 e. The van der Waals surface area contributed by atoms with Gasteiger partial charge in [-0.1, -0.05) is 54.2 Å². The maximum atomic E-state index is 14.3. The number of rotatable bonds is 2. The van der Waals surface area contributed by atoms with E-state index in [0.717, 1.165) is 26.6 Å². The van der Waals surface area contributed by atoms with E-state index >= 15 is 0 Å². The maximum Gasteiger partial charge on any atom is 0.407 e. The van der Waals surface area contributed by atoms with Crippen molar-refractivity contribution in [1.29, 1.82) is 0 Å². The van der Waals surface area contributed by atoms with Crippen molar-refractivity contribution in [2.45, 2.75) is 22.3 Å². The molecule has 0 spiro atoms. The van der Waals surface area contributed by atoms with Crippen LogP contribution in [0.25, 0.3) is 0 Å². The zero-order valence-electron chi connectivity index (χ0n) is 17.3. The summed E-state index contributed by atoms with van der Waals surface area (Å²) in [4.78, 5) is 22.4. The molecular formula is C25H22FN3O2S. The molecule has 1 saturated heterocycles. The van der Waals surface area contributed by atoms with Gasteiger partial charge in [-0.05, 0) is 42.3 Å². The Labute approximate surface area is 190 Å². The van der Waals surface area contributed by atoms with E-state index in [1.54, 1.807) is 17.8 Å². The maximum absolute atomic E-state index is 14.3. The summed E-state index contributed by atoms with van der Waals surface area (Å²) in [6.07, 6.45) is -0.307. The highest BCUT2D eigenvalue weighted by molar-refractivity contribution is 7.99. The van der Waals surface area contributed by atoms with Crippen molar-refractivity contribution in [2.24, 2.45) is 4.99 Å². The number of para-hydroxylation sites is 1. The molecule has 5 rings (SSSR count). The third-order valence-corrected chi connectivity index (χ3v) is 6.98. The van der Waals surface area contributed by atoms with Gasteiger partial charge in [0.25, 0.3) is 0 Å². The molecule has 0 saturated carbocycles. The standard InChI is InChI=1S/C25H22FN3O2S/c26-18-10-11-22-20(15-18)24(27-21-8-4-5-9-23(21)32-22)28-12-13-29(25(30)31)19(16-28)14-17-6-2-1-3-7-17/h1-11,15,19H,12-14,16H2,(H,30,31). The lowest BCUT2D eigenvalue weighted by Crippen LogP contribution is -2.57. The number of fused-ring (bicyclic) bond motifs is 2. The van der Waals surface area contributed by atoms with Crippen LogP contribution in [0.3, 0.4) is 0 Å². The summed E-state index contributed by atoms with van der Waals surface area (Å²) in [7, 11) is 0. The fourth-order valence-corrected chi connectivity index (χ4v) is 5.29. The molecular weight excluding hydrogens is 425 g/mol. The molecule has 2 aliphatic rings. The Hall–Kier alpha value is -3.32. The number of hydrogen-bond donors (Lipinski definition) is 1. The van der Waals surface area contributed by atoms with Gasteiger partial charge in [0.05, 0.1) is 11.7 Å². The van der Waals surface area contributed by atoms with E-state index in [0.29, 0.717) is 31.9 Å². The van der Waals surface area contributed by atoms with E-state index < -0.39 is 6.09 Å². The summed E-state index contributed by atoms with van der Waals surface area (Å²) < 4.78 is 14.3. The summed E-state index contributed by atoms with van der Waals surface area (Å²) in [6, 6.07) is 22.4. The Morgan fingerprint density at radius 3 is 2.62 bits per heavy atom. The van der Waals surface area contributed by atoms with E-state index in [-0.39, 0.29) is 11.9 Å². The molecule has 162 valence electrons. The number of carbonyl (C=O) groups is 1. The fraction of sp³-hybridized carbons (Fsp3) is 0.200. The third kappa shape index (κ3) is 4.08. The van der Waals surface area contributed by atoms with E-state index in [1.807, 2.05) is 54.6 Å². The largest absolute Gasteiger partial charge is 0.465 e. The lowest BCUT2D eigenvalue weighted by molar-refractivity contribution is 0.0902. The predicted octanol–water partition coefficient (Wildman–Crippen LogP) is 5.28. The SMILES string of the molecule is O=C(O)N1CCN(C2=Nc3ccccc3Sc3ccc(F)cc32)CC1Cc1ccccc1. The van der Waals surface area contributed by atoms with Crippen LogP contribution in [0, 0.1) is 5.82 Å². The first-order valence-electron chi connectivity index (χ1n) is 10.5. The molecule has 32 heavy (non-hydrogen) atoms. The zero-order chi connectivity index (χ0) is 22.1. The normalized spacial score (nSPS) is 17.8. The van der Waals surface area contributed by atoms with E-state index in [4.69, 9.17) is 4.99 Å². The Morgan fingerprint density at radius 2 is 1.81 bits per heavy atom. The minimum atomic E-state index is -0.916. The van der Waals surface area contributed by atoms with Gasteiger partial charge in [0.1, 0.15) is 11.7 Å². The van der Waals surface area contributed by atoms with Crippen LogP contribution in [0.5, 0.6) is 0 Å². The first-order valence-corrected chi connectivity index (χ1v) is 11.3. The number of nitrogens with zero attached hydrogens (tertiary/aromatic N) is 3. The topological polar surface area (TPSA) is 56.1 Å². The van der Waals surface area contributed by atoms with Gasteiger partial charge in [-0.2, -0.15) is 0 Å². The molecule has 0 aromatic heterocycles. The average molecular weight is 448 g/mol. The molecule has 7 heteroatoms. The molecule has 1 unspecified atom stereocenters. The van der Waals surface area contributed by atoms with Gasteiger partial charge < -0.3 is 14.9 Å². The van der Waals surface area contributed by atoms with E-state index in [1.165, 1.54) is 17.0 Å². The molecule has 0 bridgehead atoms. The van der Waals surface area contributed by atoms with E-state index in [9.17, 15) is 14.3 Å². The lowest BCUT2D eigenvalue weighted by atomic mass is 10.0. The Morgan fingerprint density at radius 1 is 1.03 bits per heavy atom. The number of piperazine rings is 1. The first-order chi connectivity index (χ1) is 15.6. The minimum Gasteiger partial charge on any atom is -0.465 e. The van der Waals surface area contributed by atoms with Gasteiger partial charge in [0.15, 0.2) is 0 Å². The van der Waals surface area contributed by atoms with Crippen LogP contribution >= 0.6 is 11.8 Å². The van der Waals surface area contributed by atoms with Gasteiger partial charge in [0.2, 0.25) is 0 Å².